The summed E-state index contributed by atoms with van der Waals surface area (Å²) in [4.78, 5) is 27.5. The highest BCUT2D eigenvalue weighted by Crippen LogP contribution is 2.25. The van der Waals surface area contributed by atoms with Crippen LogP contribution in [0.5, 0.6) is 0 Å². The molecule has 1 aliphatic heterocycles. The summed E-state index contributed by atoms with van der Waals surface area (Å²) in [6.45, 7) is 3.09. The number of rotatable bonds is 3. The van der Waals surface area contributed by atoms with E-state index in [0.717, 1.165) is 31.6 Å². The van der Waals surface area contributed by atoms with E-state index in [1.165, 1.54) is 6.92 Å². The smallest absolute Gasteiger partial charge is 0.256 e. The molecule has 1 saturated heterocycles. The first-order chi connectivity index (χ1) is 9.49. The Labute approximate surface area is 119 Å². The first kappa shape index (κ1) is 14.4. The molecule has 1 heterocycles. The Morgan fingerprint density at radius 2 is 1.85 bits per heavy atom. The van der Waals surface area contributed by atoms with Gasteiger partial charge in [-0.25, -0.2) is 0 Å². The summed E-state index contributed by atoms with van der Waals surface area (Å²) >= 11 is 0. The van der Waals surface area contributed by atoms with Gasteiger partial charge >= 0.3 is 0 Å². The van der Waals surface area contributed by atoms with Crippen LogP contribution in [0.1, 0.15) is 30.1 Å². The van der Waals surface area contributed by atoms with Gasteiger partial charge in [-0.3, -0.25) is 9.59 Å². The molecule has 1 N–H and O–H groups in total. The summed E-state index contributed by atoms with van der Waals surface area (Å²) < 4.78 is 0. The van der Waals surface area contributed by atoms with Gasteiger partial charge in [-0.1, -0.05) is 0 Å². The number of benzene rings is 1. The van der Waals surface area contributed by atoms with Gasteiger partial charge in [0.2, 0.25) is 5.91 Å². The summed E-state index contributed by atoms with van der Waals surface area (Å²) in [6, 6.07) is 5.45. The number of anilines is 2. The van der Waals surface area contributed by atoms with Crippen molar-refractivity contribution in [2.75, 3.05) is 37.4 Å². The van der Waals surface area contributed by atoms with E-state index in [1.54, 1.807) is 6.07 Å². The molecule has 0 aliphatic carbocycles. The van der Waals surface area contributed by atoms with Gasteiger partial charge < -0.3 is 15.1 Å². The zero-order chi connectivity index (χ0) is 14.7. The van der Waals surface area contributed by atoms with Gasteiger partial charge in [0, 0.05) is 45.5 Å². The number of likely N-dealkylation sites (tertiary alicyclic amines) is 1. The fraction of sp³-hybridized carbons (Fsp3) is 0.467. The zero-order valence-electron chi connectivity index (χ0n) is 12.3. The maximum absolute atomic E-state index is 12.6. The third kappa shape index (κ3) is 3.10. The maximum atomic E-state index is 12.6. The van der Waals surface area contributed by atoms with Crippen molar-refractivity contribution in [1.29, 1.82) is 0 Å². The highest BCUT2D eigenvalue weighted by Gasteiger charge is 2.23. The molecular formula is C15H21N3O2. The summed E-state index contributed by atoms with van der Waals surface area (Å²) in [5, 5.41) is 2.73. The number of amides is 2. The molecule has 108 valence electrons. The van der Waals surface area contributed by atoms with Crippen molar-refractivity contribution in [1.82, 2.24) is 4.90 Å². The molecule has 0 saturated carbocycles. The lowest BCUT2D eigenvalue weighted by Gasteiger charge is -2.22. The molecule has 0 unspecified atom stereocenters. The van der Waals surface area contributed by atoms with E-state index in [2.05, 4.69) is 5.32 Å². The highest BCUT2D eigenvalue weighted by atomic mass is 16.2. The lowest BCUT2D eigenvalue weighted by molar-refractivity contribution is -0.114. The molecule has 1 aliphatic rings. The minimum absolute atomic E-state index is 0.0402. The predicted molar refractivity (Wildman–Crippen MR) is 80.2 cm³/mol. The van der Waals surface area contributed by atoms with Crippen LogP contribution in [0.2, 0.25) is 0 Å². The molecule has 1 aromatic carbocycles. The van der Waals surface area contributed by atoms with Crippen molar-refractivity contribution in [3.05, 3.63) is 23.8 Å². The topological polar surface area (TPSA) is 52.7 Å². The molecule has 0 spiro atoms. The Hall–Kier alpha value is -2.04. The Morgan fingerprint density at radius 3 is 2.40 bits per heavy atom. The minimum Gasteiger partial charge on any atom is -0.377 e. The number of carbonyl (C=O) groups is 2. The molecule has 2 amide bonds. The molecule has 1 aromatic rings. The van der Waals surface area contributed by atoms with Crippen molar-refractivity contribution in [3.63, 3.8) is 0 Å². The average Bonchev–Trinajstić information content (AvgIpc) is 2.90. The predicted octanol–water partition coefficient (Wildman–Crippen LogP) is 1.95. The third-order valence-electron chi connectivity index (χ3n) is 3.42. The van der Waals surface area contributed by atoms with Crippen LogP contribution in [0.15, 0.2) is 18.2 Å². The second-order valence-electron chi connectivity index (χ2n) is 5.31. The van der Waals surface area contributed by atoms with Crippen molar-refractivity contribution >= 4 is 23.2 Å². The minimum atomic E-state index is -0.137. The maximum Gasteiger partial charge on any atom is 0.256 e. The third-order valence-corrected chi connectivity index (χ3v) is 3.42. The van der Waals surface area contributed by atoms with Crippen molar-refractivity contribution < 1.29 is 9.59 Å². The lowest BCUT2D eigenvalue weighted by Crippen LogP contribution is -2.29. The summed E-state index contributed by atoms with van der Waals surface area (Å²) in [6.07, 6.45) is 2.13. The van der Waals surface area contributed by atoms with E-state index in [1.807, 2.05) is 36.0 Å². The van der Waals surface area contributed by atoms with E-state index in [-0.39, 0.29) is 11.8 Å². The number of carbonyl (C=O) groups excluding carboxylic acids is 2. The quantitative estimate of drug-likeness (QED) is 0.917. The monoisotopic (exact) mass is 275 g/mol. The molecule has 0 bridgehead atoms. The lowest BCUT2D eigenvalue weighted by atomic mass is 10.1. The second-order valence-corrected chi connectivity index (χ2v) is 5.31. The van der Waals surface area contributed by atoms with E-state index in [9.17, 15) is 9.59 Å². The van der Waals surface area contributed by atoms with Crippen LogP contribution in [0.4, 0.5) is 11.4 Å². The van der Waals surface area contributed by atoms with Crippen molar-refractivity contribution in [2.45, 2.75) is 19.8 Å². The molecular weight excluding hydrogens is 254 g/mol. The molecule has 20 heavy (non-hydrogen) atoms. The molecule has 5 heteroatoms. The average molecular weight is 275 g/mol. The number of nitrogens with zero attached hydrogens (tertiary/aromatic N) is 2. The Kier molecular flexibility index (Phi) is 4.27. The normalized spacial score (nSPS) is 14.2. The Morgan fingerprint density at radius 1 is 1.20 bits per heavy atom. The molecule has 2 rings (SSSR count). The van der Waals surface area contributed by atoms with Gasteiger partial charge in [0.05, 0.1) is 5.56 Å². The zero-order valence-corrected chi connectivity index (χ0v) is 12.3. The van der Waals surface area contributed by atoms with E-state index < -0.39 is 0 Å². The van der Waals surface area contributed by atoms with Gasteiger partial charge in [0.15, 0.2) is 0 Å². The van der Waals surface area contributed by atoms with Gasteiger partial charge in [0.1, 0.15) is 0 Å². The Bertz CT molecular complexity index is 520. The van der Waals surface area contributed by atoms with E-state index in [4.69, 9.17) is 0 Å². The Balaban J connectivity index is 2.35. The fourth-order valence-electron chi connectivity index (χ4n) is 2.47. The molecule has 5 nitrogen and oxygen atoms in total. The first-order valence-electron chi connectivity index (χ1n) is 6.87. The van der Waals surface area contributed by atoms with Gasteiger partial charge in [-0.15, -0.1) is 0 Å². The van der Waals surface area contributed by atoms with Gasteiger partial charge in [0.25, 0.3) is 5.91 Å². The van der Waals surface area contributed by atoms with Crippen LogP contribution in [-0.2, 0) is 4.79 Å². The summed E-state index contributed by atoms with van der Waals surface area (Å²) in [7, 11) is 3.82. The summed E-state index contributed by atoms with van der Waals surface area (Å²) in [5.41, 5.74) is 2.17. The molecule has 0 radical (unpaired) electrons. The van der Waals surface area contributed by atoms with E-state index in [0.29, 0.717) is 11.3 Å². The molecule has 1 fully saturated rings. The number of nitrogens with one attached hydrogen (secondary N) is 1. The molecule has 0 atom stereocenters. The van der Waals surface area contributed by atoms with Crippen LogP contribution >= 0.6 is 0 Å². The van der Waals surface area contributed by atoms with E-state index >= 15 is 0 Å². The van der Waals surface area contributed by atoms with Crippen LogP contribution in [0, 0.1) is 0 Å². The van der Waals surface area contributed by atoms with Crippen LogP contribution in [0.3, 0.4) is 0 Å². The van der Waals surface area contributed by atoms with Crippen LogP contribution in [0.25, 0.3) is 0 Å². The van der Waals surface area contributed by atoms with Crippen LogP contribution < -0.4 is 10.2 Å². The van der Waals surface area contributed by atoms with Crippen LogP contribution in [-0.4, -0.2) is 43.9 Å². The standard InChI is InChI=1S/C15H21N3O2/c1-11(19)16-12-6-7-14(17(2)3)13(10-12)15(20)18-8-4-5-9-18/h6-7,10H,4-5,8-9H2,1-3H3,(H,16,19). The van der Waals surface area contributed by atoms with Gasteiger partial charge in [-0.2, -0.15) is 0 Å². The summed E-state index contributed by atoms with van der Waals surface area (Å²) in [5.74, 6) is -0.0967. The largest absolute Gasteiger partial charge is 0.377 e. The fourth-order valence-corrected chi connectivity index (χ4v) is 2.47. The number of hydrogen-bond donors (Lipinski definition) is 1. The highest BCUT2D eigenvalue weighted by molar-refractivity contribution is 6.02. The second kappa shape index (κ2) is 5.94. The SMILES string of the molecule is CC(=O)Nc1ccc(N(C)C)c(C(=O)N2CCCC2)c1. The van der Waals surface area contributed by atoms with Crippen molar-refractivity contribution in [3.8, 4) is 0 Å². The first-order valence-corrected chi connectivity index (χ1v) is 6.87. The van der Waals surface area contributed by atoms with Gasteiger partial charge in [-0.05, 0) is 31.0 Å². The molecule has 0 aromatic heterocycles. The van der Waals surface area contributed by atoms with Crippen molar-refractivity contribution in [2.24, 2.45) is 0 Å². The number of hydrogen-bond acceptors (Lipinski definition) is 3.